The van der Waals surface area contributed by atoms with E-state index in [2.05, 4.69) is 10.7 Å². The van der Waals surface area contributed by atoms with Crippen LogP contribution in [0.1, 0.15) is 22.7 Å². The van der Waals surface area contributed by atoms with Gasteiger partial charge in [0.2, 0.25) is 16.4 Å². The fraction of sp³-hybridized carbons (Fsp3) is 0.207. The summed E-state index contributed by atoms with van der Waals surface area (Å²) in [5, 5.41) is 3.40. The molecule has 0 saturated carbocycles. The molecule has 1 unspecified atom stereocenters. The number of urea groups is 2. The molecule has 0 aliphatic carbocycles. The summed E-state index contributed by atoms with van der Waals surface area (Å²) in [5.74, 6) is -0.765. The molecule has 1 aliphatic heterocycles. The lowest BCUT2D eigenvalue weighted by Gasteiger charge is -2.25. The van der Waals surface area contributed by atoms with Crippen LogP contribution in [0, 0.1) is 0 Å². The molecule has 1 fully saturated rings. The maximum Gasteiger partial charge on any atom is 0.514 e. The average molecular weight is 624 g/mol. The van der Waals surface area contributed by atoms with E-state index in [4.69, 9.17) is 9.47 Å². The highest BCUT2D eigenvalue weighted by Gasteiger charge is 2.39. The van der Waals surface area contributed by atoms with Crippen molar-refractivity contribution in [2.45, 2.75) is 19.2 Å². The Labute approximate surface area is 253 Å². The van der Waals surface area contributed by atoms with Crippen molar-refractivity contribution in [3.8, 4) is 5.75 Å². The quantitative estimate of drug-likeness (QED) is 0.141. The van der Waals surface area contributed by atoms with E-state index in [9.17, 15) is 32.4 Å². The molecule has 0 radical (unpaired) electrons. The summed E-state index contributed by atoms with van der Waals surface area (Å²) in [7, 11) is -3.91. The molecule has 0 aromatic heterocycles. The number of ether oxygens (including phenoxy) is 2. The Kier molecular flexibility index (Phi) is 10.1. The van der Waals surface area contributed by atoms with Crippen LogP contribution >= 0.6 is 0 Å². The van der Waals surface area contributed by atoms with Crippen LogP contribution in [-0.4, -0.2) is 72.5 Å². The van der Waals surface area contributed by atoms with Crippen LogP contribution in [0.15, 0.2) is 84.9 Å². The zero-order chi connectivity index (χ0) is 31.7. The monoisotopic (exact) mass is 623 g/mol. The summed E-state index contributed by atoms with van der Waals surface area (Å²) in [6, 6.07) is 19.7. The Bertz CT molecular complexity index is 1600. The van der Waals surface area contributed by atoms with E-state index in [0.717, 1.165) is 16.8 Å². The van der Waals surface area contributed by atoms with Gasteiger partial charge in [-0.05, 0) is 28.8 Å². The molecule has 3 aromatic carbocycles. The number of hydrazine groups is 1. The molecule has 15 heteroatoms. The fourth-order valence-electron chi connectivity index (χ4n) is 4.17. The van der Waals surface area contributed by atoms with Crippen molar-refractivity contribution in [1.29, 1.82) is 0 Å². The summed E-state index contributed by atoms with van der Waals surface area (Å²) in [4.78, 5) is 63.6. The minimum atomic E-state index is -3.91. The lowest BCUT2D eigenvalue weighted by molar-refractivity contribution is -0.135. The number of nitrogens with zero attached hydrogens (tertiary/aromatic N) is 3. The van der Waals surface area contributed by atoms with Gasteiger partial charge in [-0.3, -0.25) is 20.0 Å². The number of hydrogen-bond donors (Lipinski definition) is 2. The van der Waals surface area contributed by atoms with Gasteiger partial charge >= 0.3 is 18.2 Å². The van der Waals surface area contributed by atoms with Gasteiger partial charge in [-0.2, -0.15) is 0 Å². The summed E-state index contributed by atoms with van der Waals surface area (Å²) < 4.78 is 34.6. The topological polar surface area (TPSA) is 172 Å². The summed E-state index contributed by atoms with van der Waals surface area (Å²) >= 11 is 0. The Morgan fingerprint density at radius 1 is 0.932 bits per heavy atom. The molecule has 2 N–H and O–H groups in total. The first kappa shape index (κ1) is 31.5. The number of imide groups is 1. The molecular formula is C29H29N5O9S. The maximum atomic E-state index is 13.4. The Morgan fingerprint density at radius 3 is 2.11 bits per heavy atom. The first-order chi connectivity index (χ1) is 21.0. The lowest BCUT2D eigenvalue weighted by atomic mass is 10.1. The van der Waals surface area contributed by atoms with Crippen molar-refractivity contribution in [2.75, 3.05) is 19.3 Å². The molecule has 1 atom stereocenters. The van der Waals surface area contributed by atoms with Crippen LogP contribution in [0.5, 0.6) is 5.75 Å². The minimum Gasteiger partial charge on any atom is -0.429 e. The molecule has 0 spiro atoms. The van der Waals surface area contributed by atoms with Gasteiger partial charge in [0.25, 0.3) is 5.91 Å². The van der Waals surface area contributed by atoms with Crippen molar-refractivity contribution in [2.24, 2.45) is 0 Å². The summed E-state index contributed by atoms with van der Waals surface area (Å²) in [5.41, 5.74) is 4.10. The van der Waals surface area contributed by atoms with Gasteiger partial charge in [-0.25, -0.2) is 32.0 Å². The molecule has 1 aliphatic rings. The van der Waals surface area contributed by atoms with Gasteiger partial charge < -0.3 is 14.8 Å². The molecule has 4 rings (SSSR count). The highest BCUT2D eigenvalue weighted by atomic mass is 32.2. The van der Waals surface area contributed by atoms with Gasteiger partial charge in [0.15, 0.2) is 0 Å². The van der Waals surface area contributed by atoms with Crippen molar-refractivity contribution in [3.63, 3.8) is 0 Å². The Morgan fingerprint density at radius 2 is 1.55 bits per heavy atom. The molecule has 1 saturated heterocycles. The Hall–Kier alpha value is -5.44. The normalized spacial score (nSPS) is 13.5. The van der Waals surface area contributed by atoms with Crippen LogP contribution < -0.4 is 15.5 Å². The number of amides is 6. The number of carbonyl (C=O) groups is 5. The highest BCUT2D eigenvalue weighted by Crippen LogP contribution is 2.21. The SMILES string of the molecule is CS(=O)(=O)N1CCN(C(=O)NC(C(=O)NN(C=O)Cc2ccccc2)c2ccc(OC(=O)OCc3ccccc3)cc2)C1=O. The van der Waals surface area contributed by atoms with Gasteiger partial charge in [-0.1, -0.05) is 72.8 Å². The molecule has 0 bridgehead atoms. The number of benzene rings is 3. The zero-order valence-electron chi connectivity index (χ0n) is 23.5. The second-order valence-electron chi connectivity index (χ2n) is 9.54. The largest absolute Gasteiger partial charge is 0.514 e. The molecule has 6 amide bonds. The van der Waals surface area contributed by atoms with Gasteiger partial charge in [0, 0.05) is 0 Å². The van der Waals surface area contributed by atoms with Crippen LogP contribution in [0.25, 0.3) is 0 Å². The number of sulfonamides is 1. The highest BCUT2D eigenvalue weighted by molar-refractivity contribution is 7.88. The number of hydrogen-bond acceptors (Lipinski definition) is 9. The third-order valence-corrected chi connectivity index (χ3v) is 7.48. The van der Waals surface area contributed by atoms with E-state index in [0.29, 0.717) is 21.2 Å². The van der Waals surface area contributed by atoms with Crippen molar-refractivity contribution in [1.82, 2.24) is 25.0 Å². The first-order valence-electron chi connectivity index (χ1n) is 13.2. The minimum absolute atomic E-state index is 0.00573. The van der Waals surface area contributed by atoms with Crippen LogP contribution in [0.3, 0.4) is 0 Å². The van der Waals surface area contributed by atoms with E-state index < -0.39 is 40.2 Å². The molecule has 230 valence electrons. The van der Waals surface area contributed by atoms with Crippen LogP contribution in [-0.2, 0) is 37.5 Å². The molecular weight excluding hydrogens is 594 g/mol. The van der Waals surface area contributed by atoms with E-state index in [-0.39, 0.29) is 37.6 Å². The van der Waals surface area contributed by atoms with Gasteiger partial charge in [0.05, 0.1) is 25.9 Å². The van der Waals surface area contributed by atoms with E-state index in [1.165, 1.54) is 24.3 Å². The predicted octanol–water partition coefficient (Wildman–Crippen LogP) is 2.54. The summed E-state index contributed by atoms with van der Waals surface area (Å²) in [6.45, 7) is -0.473. The lowest BCUT2D eigenvalue weighted by Crippen LogP contribution is -2.51. The summed E-state index contributed by atoms with van der Waals surface area (Å²) in [6.07, 6.45) is 0.273. The first-order valence-corrected chi connectivity index (χ1v) is 15.0. The average Bonchev–Trinajstić information content (AvgIpc) is 3.42. The van der Waals surface area contributed by atoms with Gasteiger partial charge in [0.1, 0.15) is 18.4 Å². The second-order valence-corrected chi connectivity index (χ2v) is 11.4. The molecule has 44 heavy (non-hydrogen) atoms. The van der Waals surface area contributed by atoms with E-state index >= 15 is 0 Å². The maximum absolute atomic E-state index is 13.4. The standard InChI is InChI=1S/C29H29N5O9S/c1-44(40,41)34-17-16-33(28(34)38)27(37)30-25(26(36)31-32(20-35)18-21-8-4-2-5-9-21)23-12-14-24(15-13-23)43-29(39)42-19-22-10-6-3-7-11-22/h2-15,20,25H,16-19H2,1H3,(H,30,37)(H,31,36). The molecule has 3 aromatic rings. The van der Waals surface area contributed by atoms with E-state index in [1.807, 2.05) is 6.07 Å². The smallest absolute Gasteiger partial charge is 0.429 e. The van der Waals surface area contributed by atoms with Crippen molar-refractivity contribution in [3.05, 3.63) is 102 Å². The zero-order valence-corrected chi connectivity index (χ0v) is 24.3. The fourth-order valence-corrected chi connectivity index (χ4v) is 4.97. The third kappa shape index (κ3) is 8.32. The Balaban J connectivity index is 1.49. The molecule has 14 nitrogen and oxygen atoms in total. The third-order valence-electron chi connectivity index (χ3n) is 6.34. The van der Waals surface area contributed by atoms with Crippen molar-refractivity contribution >= 4 is 40.6 Å². The van der Waals surface area contributed by atoms with Crippen LogP contribution in [0.2, 0.25) is 0 Å². The second kappa shape index (κ2) is 14.2. The molecule has 1 heterocycles. The van der Waals surface area contributed by atoms with Crippen molar-refractivity contribution < 1.29 is 41.9 Å². The van der Waals surface area contributed by atoms with E-state index in [1.54, 1.807) is 54.6 Å². The van der Waals surface area contributed by atoms with Crippen LogP contribution in [0.4, 0.5) is 14.4 Å². The predicted molar refractivity (Wildman–Crippen MR) is 155 cm³/mol. The number of carbonyl (C=O) groups excluding carboxylic acids is 5. The van der Waals surface area contributed by atoms with Gasteiger partial charge in [-0.15, -0.1) is 0 Å². The number of rotatable bonds is 11. The number of nitrogens with one attached hydrogen (secondary N) is 2.